The Morgan fingerprint density at radius 1 is 0.469 bits per heavy atom. The van der Waals surface area contributed by atoms with E-state index in [1.807, 2.05) is 84.9 Å². The molecule has 0 saturated heterocycles. The van der Waals surface area contributed by atoms with Crippen LogP contribution in [0, 0.1) is 0 Å². The molecule has 0 heterocycles. The lowest BCUT2D eigenvalue weighted by molar-refractivity contribution is 0.0866. The van der Waals surface area contributed by atoms with Gasteiger partial charge in [-0.2, -0.15) is 0 Å². The van der Waals surface area contributed by atoms with Crippen LogP contribution in [0.3, 0.4) is 0 Å². The number of carbonyl (C=O) groups excluding carboxylic acids is 2. The summed E-state index contributed by atoms with van der Waals surface area (Å²) in [6.07, 6.45) is 0. The van der Waals surface area contributed by atoms with Crippen molar-refractivity contribution in [3.05, 3.63) is 140 Å². The SMILES string of the molecule is O=C(c1ccc(Br)cc1)C(c1ccccc1)C(C(=O)c1ccc(Br)cc1)c1ccccc1. The highest BCUT2D eigenvalue weighted by Gasteiger charge is 2.37. The highest BCUT2D eigenvalue weighted by molar-refractivity contribution is 9.10. The summed E-state index contributed by atoms with van der Waals surface area (Å²) in [5.41, 5.74) is 2.79. The Morgan fingerprint density at radius 3 is 1.09 bits per heavy atom. The summed E-state index contributed by atoms with van der Waals surface area (Å²) in [6.45, 7) is 0. The summed E-state index contributed by atoms with van der Waals surface area (Å²) in [4.78, 5) is 27.8. The first-order valence-corrected chi connectivity index (χ1v) is 11.8. The topological polar surface area (TPSA) is 34.1 Å². The number of carbonyl (C=O) groups is 2. The Bertz CT molecular complexity index is 1100. The van der Waals surface area contributed by atoms with E-state index in [1.54, 1.807) is 24.3 Å². The summed E-state index contributed by atoms with van der Waals surface area (Å²) >= 11 is 6.87. The maximum atomic E-state index is 13.9. The van der Waals surface area contributed by atoms with E-state index in [2.05, 4.69) is 31.9 Å². The highest BCUT2D eigenvalue weighted by atomic mass is 79.9. The van der Waals surface area contributed by atoms with Crippen molar-refractivity contribution in [1.82, 2.24) is 0 Å². The van der Waals surface area contributed by atoms with Crippen molar-refractivity contribution >= 4 is 43.4 Å². The fourth-order valence-electron chi connectivity index (χ4n) is 3.90. The minimum Gasteiger partial charge on any atom is -0.293 e. The van der Waals surface area contributed by atoms with Crippen LogP contribution in [0.1, 0.15) is 43.7 Å². The number of halogens is 2. The van der Waals surface area contributed by atoms with Gasteiger partial charge in [0.25, 0.3) is 0 Å². The quantitative estimate of drug-likeness (QED) is 0.221. The predicted molar refractivity (Wildman–Crippen MR) is 135 cm³/mol. The van der Waals surface area contributed by atoms with Gasteiger partial charge in [0.2, 0.25) is 0 Å². The lowest BCUT2D eigenvalue weighted by Gasteiger charge is -2.26. The van der Waals surface area contributed by atoms with Gasteiger partial charge in [-0.25, -0.2) is 0 Å². The molecule has 158 valence electrons. The molecule has 0 aliphatic carbocycles. The second-order valence-electron chi connectivity index (χ2n) is 7.52. The summed E-state index contributed by atoms with van der Waals surface area (Å²) < 4.78 is 1.80. The molecule has 32 heavy (non-hydrogen) atoms. The molecule has 4 rings (SSSR count). The number of hydrogen-bond acceptors (Lipinski definition) is 2. The Labute approximate surface area is 204 Å². The average Bonchev–Trinajstić information content (AvgIpc) is 2.84. The van der Waals surface area contributed by atoms with Gasteiger partial charge in [-0.3, -0.25) is 9.59 Å². The summed E-state index contributed by atoms with van der Waals surface area (Å²) in [5, 5.41) is 0. The van der Waals surface area contributed by atoms with Crippen molar-refractivity contribution in [2.75, 3.05) is 0 Å². The molecule has 0 aliphatic rings. The van der Waals surface area contributed by atoms with Crippen molar-refractivity contribution < 1.29 is 9.59 Å². The second kappa shape index (κ2) is 10.2. The molecule has 0 spiro atoms. The molecule has 2 atom stereocenters. The van der Waals surface area contributed by atoms with E-state index < -0.39 is 11.8 Å². The van der Waals surface area contributed by atoms with Crippen LogP contribution in [0.5, 0.6) is 0 Å². The average molecular weight is 548 g/mol. The minimum atomic E-state index is -0.657. The molecular formula is C28H20Br2O2. The lowest BCUT2D eigenvalue weighted by Crippen LogP contribution is -2.27. The van der Waals surface area contributed by atoms with Gasteiger partial charge in [0.1, 0.15) is 0 Å². The first-order valence-electron chi connectivity index (χ1n) is 10.2. The molecule has 0 fully saturated rings. The second-order valence-corrected chi connectivity index (χ2v) is 9.35. The van der Waals surface area contributed by atoms with Gasteiger partial charge in [0.05, 0.1) is 11.8 Å². The maximum Gasteiger partial charge on any atom is 0.171 e. The van der Waals surface area contributed by atoms with Crippen molar-refractivity contribution in [2.45, 2.75) is 11.8 Å². The Hall–Kier alpha value is -2.82. The van der Waals surface area contributed by atoms with Crippen LogP contribution in [0.4, 0.5) is 0 Å². The maximum absolute atomic E-state index is 13.9. The number of Topliss-reactive ketones (excluding diaryl/α,β-unsaturated/α-hetero) is 2. The third kappa shape index (κ3) is 4.98. The Kier molecular flexibility index (Phi) is 7.13. The molecule has 4 heteroatoms. The van der Waals surface area contributed by atoms with E-state index in [4.69, 9.17) is 0 Å². The van der Waals surface area contributed by atoms with Gasteiger partial charge in [0, 0.05) is 20.1 Å². The first-order chi connectivity index (χ1) is 15.5. The van der Waals surface area contributed by atoms with Crippen molar-refractivity contribution in [3.63, 3.8) is 0 Å². The molecular weight excluding hydrogens is 528 g/mol. The number of rotatable bonds is 7. The van der Waals surface area contributed by atoms with Gasteiger partial charge in [0.15, 0.2) is 11.6 Å². The van der Waals surface area contributed by atoms with Gasteiger partial charge in [-0.15, -0.1) is 0 Å². The highest BCUT2D eigenvalue weighted by Crippen LogP contribution is 2.38. The predicted octanol–water partition coefficient (Wildman–Crippen LogP) is 7.84. The molecule has 0 radical (unpaired) electrons. The third-order valence-corrected chi connectivity index (χ3v) is 6.53. The monoisotopic (exact) mass is 546 g/mol. The van der Waals surface area contributed by atoms with Gasteiger partial charge in [-0.1, -0.05) is 117 Å². The van der Waals surface area contributed by atoms with Crippen molar-refractivity contribution in [3.8, 4) is 0 Å². The summed E-state index contributed by atoms with van der Waals surface area (Å²) in [7, 11) is 0. The Morgan fingerprint density at radius 2 is 0.781 bits per heavy atom. The summed E-state index contributed by atoms with van der Waals surface area (Å²) in [5.74, 6) is -1.47. The molecule has 0 bridgehead atoms. The molecule has 2 nitrogen and oxygen atoms in total. The first kappa shape index (κ1) is 22.4. The van der Waals surface area contributed by atoms with Gasteiger partial charge >= 0.3 is 0 Å². The van der Waals surface area contributed by atoms with E-state index in [9.17, 15) is 9.59 Å². The standard InChI is InChI=1S/C28H20Br2O2/c29-23-15-11-21(12-16-23)27(31)25(19-7-3-1-4-8-19)26(20-9-5-2-6-10-20)28(32)22-13-17-24(30)18-14-22/h1-18,25-26H. The van der Waals surface area contributed by atoms with Crippen LogP contribution in [0.2, 0.25) is 0 Å². The van der Waals surface area contributed by atoms with E-state index in [0.29, 0.717) is 11.1 Å². The number of benzene rings is 4. The zero-order chi connectivity index (χ0) is 22.5. The molecule has 0 N–H and O–H groups in total. The van der Waals surface area contributed by atoms with Gasteiger partial charge in [-0.05, 0) is 35.4 Å². The van der Waals surface area contributed by atoms with Crippen LogP contribution >= 0.6 is 31.9 Å². The van der Waals surface area contributed by atoms with Crippen LogP contribution in [-0.4, -0.2) is 11.6 Å². The molecule has 0 amide bonds. The van der Waals surface area contributed by atoms with E-state index in [1.165, 1.54) is 0 Å². The van der Waals surface area contributed by atoms with Crippen LogP contribution in [0.25, 0.3) is 0 Å². The largest absolute Gasteiger partial charge is 0.293 e. The smallest absolute Gasteiger partial charge is 0.171 e. The Balaban J connectivity index is 1.88. The molecule has 4 aromatic rings. The number of hydrogen-bond donors (Lipinski definition) is 0. The van der Waals surface area contributed by atoms with Crippen LogP contribution in [-0.2, 0) is 0 Å². The summed E-state index contributed by atoms with van der Waals surface area (Å²) in [6, 6.07) is 33.7. The van der Waals surface area contributed by atoms with E-state index in [-0.39, 0.29) is 11.6 Å². The van der Waals surface area contributed by atoms with E-state index in [0.717, 1.165) is 20.1 Å². The van der Waals surface area contributed by atoms with Crippen molar-refractivity contribution in [2.24, 2.45) is 0 Å². The molecule has 4 aromatic carbocycles. The van der Waals surface area contributed by atoms with Crippen LogP contribution < -0.4 is 0 Å². The molecule has 2 unspecified atom stereocenters. The van der Waals surface area contributed by atoms with E-state index >= 15 is 0 Å². The number of ketones is 2. The lowest BCUT2D eigenvalue weighted by atomic mass is 9.73. The van der Waals surface area contributed by atoms with Gasteiger partial charge < -0.3 is 0 Å². The third-order valence-electron chi connectivity index (χ3n) is 5.47. The molecule has 0 aliphatic heterocycles. The fraction of sp³-hybridized carbons (Fsp3) is 0.0714. The zero-order valence-corrected chi connectivity index (χ0v) is 20.3. The normalized spacial score (nSPS) is 12.7. The minimum absolute atomic E-state index is 0.0805. The van der Waals surface area contributed by atoms with Crippen molar-refractivity contribution in [1.29, 1.82) is 0 Å². The fourth-order valence-corrected chi connectivity index (χ4v) is 4.43. The van der Waals surface area contributed by atoms with Crippen LogP contribution in [0.15, 0.2) is 118 Å². The molecule has 0 saturated carbocycles. The molecule has 0 aromatic heterocycles. The zero-order valence-electron chi connectivity index (χ0n) is 17.1.